The summed E-state index contributed by atoms with van der Waals surface area (Å²) in [6, 6.07) is 13.4. The van der Waals surface area contributed by atoms with E-state index in [1.54, 1.807) is 19.1 Å². The van der Waals surface area contributed by atoms with Crippen LogP contribution in [0.1, 0.15) is 21.8 Å². The van der Waals surface area contributed by atoms with Crippen LogP contribution in [0.15, 0.2) is 42.5 Å². The number of aryl methyl sites for hydroxylation is 1. The topological polar surface area (TPSA) is 80.7 Å². The number of fused-ring (bicyclic) bond motifs is 2. The van der Waals surface area contributed by atoms with Crippen LogP contribution in [0.25, 0.3) is 21.6 Å². The predicted octanol–water partition coefficient (Wildman–Crippen LogP) is 4.57. The van der Waals surface area contributed by atoms with E-state index in [1.165, 1.54) is 11.3 Å². The number of para-hydroxylation sites is 2. The largest absolute Gasteiger partial charge is 0.493 e. The van der Waals surface area contributed by atoms with Gasteiger partial charge in [0.1, 0.15) is 9.88 Å². The summed E-state index contributed by atoms with van der Waals surface area (Å²) in [7, 11) is 5.19. The minimum Gasteiger partial charge on any atom is -0.493 e. The van der Waals surface area contributed by atoms with Crippen LogP contribution in [-0.4, -0.2) is 55.2 Å². The lowest BCUT2D eigenvalue weighted by atomic mass is 10.2. The Morgan fingerprint density at radius 1 is 0.941 bits per heavy atom. The maximum atomic E-state index is 13.8. The lowest BCUT2D eigenvalue weighted by molar-refractivity contribution is 0.0989. The van der Waals surface area contributed by atoms with Gasteiger partial charge in [0.2, 0.25) is 0 Å². The third-order valence-corrected chi connectivity index (χ3v) is 7.09. The number of amides is 1. The van der Waals surface area contributed by atoms with Crippen molar-refractivity contribution >= 4 is 39.9 Å². The summed E-state index contributed by atoms with van der Waals surface area (Å²) in [6.45, 7) is 3.22. The van der Waals surface area contributed by atoms with E-state index in [-0.39, 0.29) is 5.91 Å². The van der Waals surface area contributed by atoms with Crippen molar-refractivity contribution in [3.63, 3.8) is 0 Å². The molecule has 8 nitrogen and oxygen atoms in total. The standard InChI is InChI=1S/C25H25N5O3S/c1-15-21(34-24(26-15)16-10-11-19(32-3)20(14-16)33-4)25(31)30-13-7-12-29(2)22-23(30)28-18-9-6-5-8-17(18)27-22/h5-6,8-11,14H,7,12-13H2,1-4H3. The van der Waals surface area contributed by atoms with Gasteiger partial charge in [0.25, 0.3) is 5.91 Å². The van der Waals surface area contributed by atoms with Crippen LogP contribution in [0.3, 0.4) is 0 Å². The Labute approximate surface area is 201 Å². The SMILES string of the molecule is COc1ccc(-c2nc(C)c(C(=O)N3CCCN(C)c4nc5ccccc5nc43)s2)cc1OC. The normalized spacial score (nSPS) is 13.5. The van der Waals surface area contributed by atoms with Gasteiger partial charge in [0.05, 0.1) is 30.9 Å². The quantitative estimate of drug-likeness (QED) is 0.428. The third-order valence-electron chi connectivity index (χ3n) is 5.89. The van der Waals surface area contributed by atoms with Gasteiger partial charge in [-0.05, 0) is 43.7 Å². The van der Waals surface area contributed by atoms with Crippen LogP contribution in [0, 0.1) is 6.92 Å². The van der Waals surface area contributed by atoms with Gasteiger partial charge in [0.15, 0.2) is 23.1 Å². The van der Waals surface area contributed by atoms with Crippen LogP contribution < -0.4 is 19.3 Å². The lowest BCUT2D eigenvalue weighted by Crippen LogP contribution is -2.32. The molecular weight excluding hydrogens is 450 g/mol. The molecule has 1 amide bonds. The summed E-state index contributed by atoms with van der Waals surface area (Å²) in [5, 5.41) is 0.749. The summed E-state index contributed by atoms with van der Waals surface area (Å²) >= 11 is 1.37. The van der Waals surface area contributed by atoms with E-state index in [9.17, 15) is 4.79 Å². The molecular formula is C25H25N5O3S. The molecule has 0 N–H and O–H groups in total. The summed E-state index contributed by atoms with van der Waals surface area (Å²) in [4.78, 5) is 32.6. The number of hydrogen-bond donors (Lipinski definition) is 0. The highest BCUT2D eigenvalue weighted by Crippen LogP contribution is 2.37. The number of carbonyl (C=O) groups excluding carboxylic acids is 1. The zero-order valence-corrected chi connectivity index (χ0v) is 20.3. The Kier molecular flexibility index (Phi) is 5.79. The van der Waals surface area contributed by atoms with Crippen LogP contribution in [0.5, 0.6) is 11.5 Å². The van der Waals surface area contributed by atoms with Crippen molar-refractivity contribution in [2.24, 2.45) is 0 Å². The molecule has 0 bridgehead atoms. The van der Waals surface area contributed by atoms with E-state index in [0.29, 0.717) is 40.3 Å². The molecule has 0 spiro atoms. The van der Waals surface area contributed by atoms with E-state index in [1.807, 2.05) is 56.4 Å². The molecule has 9 heteroatoms. The van der Waals surface area contributed by atoms with Gasteiger partial charge in [-0.3, -0.25) is 9.69 Å². The Morgan fingerprint density at radius 3 is 2.35 bits per heavy atom. The number of thiazole rings is 1. The molecule has 2 aromatic carbocycles. The first kappa shape index (κ1) is 22.1. The summed E-state index contributed by atoms with van der Waals surface area (Å²) in [5.74, 6) is 2.46. The molecule has 34 heavy (non-hydrogen) atoms. The Bertz CT molecular complexity index is 1390. The molecule has 174 valence electrons. The molecule has 0 saturated heterocycles. The summed E-state index contributed by atoms with van der Waals surface area (Å²) in [6.07, 6.45) is 0.816. The second-order valence-corrected chi connectivity index (χ2v) is 9.09. The average molecular weight is 476 g/mol. The van der Waals surface area contributed by atoms with E-state index >= 15 is 0 Å². The van der Waals surface area contributed by atoms with Crippen molar-refractivity contribution in [2.45, 2.75) is 13.3 Å². The van der Waals surface area contributed by atoms with Gasteiger partial charge < -0.3 is 14.4 Å². The second kappa shape index (κ2) is 8.90. The van der Waals surface area contributed by atoms with Gasteiger partial charge in [-0.1, -0.05) is 12.1 Å². The molecule has 2 aromatic heterocycles. The van der Waals surface area contributed by atoms with Crippen molar-refractivity contribution in [1.29, 1.82) is 0 Å². The smallest absolute Gasteiger partial charge is 0.271 e. The number of benzene rings is 2. The van der Waals surface area contributed by atoms with Gasteiger partial charge in [-0.2, -0.15) is 0 Å². The highest BCUT2D eigenvalue weighted by Gasteiger charge is 2.30. The molecule has 1 aliphatic rings. The number of nitrogens with zero attached hydrogens (tertiary/aromatic N) is 5. The first-order chi connectivity index (χ1) is 16.5. The van der Waals surface area contributed by atoms with Gasteiger partial charge in [-0.15, -0.1) is 11.3 Å². The van der Waals surface area contributed by atoms with E-state index < -0.39 is 0 Å². The monoisotopic (exact) mass is 475 g/mol. The summed E-state index contributed by atoms with van der Waals surface area (Å²) < 4.78 is 10.8. The Balaban J connectivity index is 1.55. The zero-order chi connectivity index (χ0) is 23.8. The molecule has 0 fully saturated rings. The van der Waals surface area contributed by atoms with Gasteiger partial charge in [-0.25, -0.2) is 15.0 Å². The zero-order valence-electron chi connectivity index (χ0n) is 19.5. The van der Waals surface area contributed by atoms with Crippen molar-refractivity contribution in [1.82, 2.24) is 15.0 Å². The Hall–Kier alpha value is -3.72. The molecule has 1 aliphatic heterocycles. The number of anilines is 2. The maximum absolute atomic E-state index is 13.8. The fourth-order valence-electron chi connectivity index (χ4n) is 4.10. The van der Waals surface area contributed by atoms with E-state index in [4.69, 9.17) is 24.4 Å². The Morgan fingerprint density at radius 2 is 1.65 bits per heavy atom. The van der Waals surface area contributed by atoms with Crippen molar-refractivity contribution in [2.75, 3.05) is 44.2 Å². The predicted molar refractivity (Wildman–Crippen MR) is 134 cm³/mol. The minimum absolute atomic E-state index is 0.108. The van der Waals surface area contributed by atoms with Crippen LogP contribution in [-0.2, 0) is 0 Å². The first-order valence-corrected chi connectivity index (χ1v) is 11.8. The van der Waals surface area contributed by atoms with E-state index in [2.05, 4.69) is 4.90 Å². The van der Waals surface area contributed by atoms with Crippen LogP contribution in [0.2, 0.25) is 0 Å². The molecule has 4 aromatic rings. The van der Waals surface area contributed by atoms with Crippen LogP contribution >= 0.6 is 11.3 Å². The van der Waals surface area contributed by atoms with Gasteiger partial charge >= 0.3 is 0 Å². The lowest BCUT2D eigenvalue weighted by Gasteiger charge is -2.22. The number of hydrogen-bond acceptors (Lipinski definition) is 8. The molecule has 3 heterocycles. The first-order valence-electron chi connectivity index (χ1n) is 11.0. The maximum Gasteiger partial charge on any atom is 0.271 e. The fraction of sp³-hybridized carbons (Fsp3) is 0.280. The number of rotatable bonds is 4. The fourth-order valence-corrected chi connectivity index (χ4v) is 5.12. The molecule has 0 atom stereocenters. The number of carbonyl (C=O) groups is 1. The summed E-state index contributed by atoms with van der Waals surface area (Å²) in [5.41, 5.74) is 3.13. The molecule has 0 saturated carbocycles. The average Bonchev–Trinajstić information content (AvgIpc) is 3.18. The van der Waals surface area contributed by atoms with E-state index in [0.717, 1.165) is 34.6 Å². The third kappa shape index (κ3) is 3.81. The molecule has 5 rings (SSSR count). The van der Waals surface area contributed by atoms with Crippen molar-refractivity contribution < 1.29 is 14.3 Å². The second-order valence-electron chi connectivity index (χ2n) is 8.09. The van der Waals surface area contributed by atoms with Gasteiger partial charge in [0, 0.05) is 25.7 Å². The number of aromatic nitrogens is 3. The highest BCUT2D eigenvalue weighted by atomic mass is 32.1. The van der Waals surface area contributed by atoms with Crippen molar-refractivity contribution in [3.05, 3.63) is 53.0 Å². The number of methoxy groups -OCH3 is 2. The highest BCUT2D eigenvalue weighted by molar-refractivity contribution is 7.17. The van der Waals surface area contributed by atoms with Crippen LogP contribution in [0.4, 0.5) is 11.6 Å². The van der Waals surface area contributed by atoms with Crippen molar-refractivity contribution in [3.8, 4) is 22.1 Å². The number of ether oxygens (including phenoxy) is 2. The minimum atomic E-state index is -0.108. The molecule has 0 unspecified atom stereocenters. The molecule has 0 radical (unpaired) electrons. The molecule has 0 aliphatic carbocycles.